The van der Waals surface area contributed by atoms with Gasteiger partial charge in [-0.1, -0.05) is 11.3 Å². The van der Waals surface area contributed by atoms with Crippen molar-refractivity contribution in [1.29, 1.82) is 0 Å². The van der Waals surface area contributed by atoms with Gasteiger partial charge in [-0.15, -0.1) is 0 Å². The molecule has 8 heavy (non-hydrogen) atoms. The van der Waals surface area contributed by atoms with Crippen LogP contribution in [0.25, 0.3) is 0 Å². The molecule has 0 aromatic heterocycles. The van der Waals surface area contributed by atoms with Crippen molar-refractivity contribution in [3.05, 3.63) is 12.3 Å². The summed E-state index contributed by atoms with van der Waals surface area (Å²) in [6.45, 7) is 1.93. The van der Waals surface area contributed by atoms with Crippen molar-refractivity contribution in [2.45, 2.75) is 6.92 Å². The van der Waals surface area contributed by atoms with Gasteiger partial charge < -0.3 is 0 Å². The van der Waals surface area contributed by atoms with Crippen molar-refractivity contribution in [2.24, 2.45) is 10.3 Å². The second-order valence-electron chi connectivity index (χ2n) is 1.35. The van der Waals surface area contributed by atoms with E-state index in [1.165, 1.54) is 0 Å². The average molecular weight is 113 g/mol. The SMILES string of the molecule is C/C=C\N(C)N=NC. The minimum Gasteiger partial charge on any atom is -0.258 e. The van der Waals surface area contributed by atoms with Crippen LogP contribution in [0, 0.1) is 0 Å². The van der Waals surface area contributed by atoms with Gasteiger partial charge in [0.05, 0.1) is 7.05 Å². The first-order valence-corrected chi connectivity index (χ1v) is 2.46. The Balaban J connectivity index is 3.47. The molecule has 3 heteroatoms. The van der Waals surface area contributed by atoms with Gasteiger partial charge in [0, 0.05) is 13.2 Å². The summed E-state index contributed by atoms with van der Waals surface area (Å²) in [4.78, 5) is 0. The number of rotatable bonds is 2. The van der Waals surface area contributed by atoms with E-state index in [0.29, 0.717) is 0 Å². The fraction of sp³-hybridized carbons (Fsp3) is 0.600. The van der Waals surface area contributed by atoms with E-state index in [2.05, 4.69) is 10.3 Å². The molecule has 0 aliphatic carbocycles. The van der Waals surface area contributed by atoms with Crippen LogP contribution in [-0.4, -0.2) is 19.1 Å². The molecule has 0 bridgehead atoms. The Morgan fingerprint density at radius 3 is 2.50 bits per heavy atom. The normalized spacial score (nSPS) is 11.4. The van der Waals surface area contributed by atoms with E-state index in [4.69, 9.17) is 0 Å². The van der Waals surface area contributed by atoms with Crippen LogP contribution in [0.5, 0.6) is 0 Å². The van der Waals surface area contributed by atoms with Crippen molar-refractivity contribution >= 4 is 0 Å². The Hall–Kier alpha value is -0.860. The van der Waals surface area contributed by atoms with Crippen LogP contribution in [-0.2, 0) is 0 Å². The molecule has 0 unspecified atom stereocenters. The van der Waals surface area contributed by atoms with Gasteiger partial charge >= 0.3 is 0 Å². The largest absolute Gasteiger partial charge is 0.258 e. The fourth-order valence-corrected chi connectivity index (χ4v) is 0.387. The first kappa shape index (κ1) is 7.14. The van der Waals surface area contributed by atoms with Crippen LogP contribution in [0.3, 0.4) is 0 Å². The molecular weight excluding hydrogens is 102 g/mol. The summed E-state index contributed by atoms with van der Waals surface area (Å²) in [5.74, 6) is 0. The Labute approximate surface area is 49.7 Å². The third-order valence-electron chi connectivity index (χ3n) is 0.595. The lowest BCUT2D eigenvalue weighted by atomic mass is 10.7. The lowest BCUT2D eigenvalue weighted by Crippen LogP contribution is -1.97. The van der Waals surface area contributed by atoms with Gasteiger partial charge in [-0.2, -0.15) is 5.11 Å². The van der Waals surface area contributed by atoms with Crippen molar-refractivity contribution in [3.63, 3.8) is 0 Å². The zero-order valence-electron chi connectivity index (χ0n) is 5.50. The van der Waals surface area contributed by atoms with Crippen molar-refractivity contribution in [3.8, 4) is 0 Å². The Kier molecular flexibility index (Phi) is 3.84. The maximum absolute atomic E-state index is 3.69. The second-order valence-corrected chi connectivity index (χ2v) is 1.35. The second kappa shape index (κ2) is 4.30. The summed E-state index contributed by atoms with van der Waals surface area (Å²) in [6, 6.07) is 0. The van der Waals surface area contributed by atoms with Crippen molar-refractivity contribution in [2.75, 3.05) is 14.1 Å². The highest BCUT2D eigenvalue weighted by Gasteiger charge is 1.76. The van der Waals surface area contributed by atoms with Crippen LogP contribution in [0.2, 0.25) is 0 Å². The number of hydrogen-bond donors (Lipinski definition) is 0. The minimum atomic E-state index is 1.64. The molecule has 0 aliphatic heterocycles. The molecular formula is C5H11N3. The summed E-state index contributed by atoms with van der Waals surface area (Å²) in [7, 11) is 3.47. The molecule has 0 saturated carbocycles. The first-order chi connectivity index (χ1) is 3.81. The maximum atomic E-state index is 3.69. The molecule has 0 atom stereocenters. The zero-order chi connectivity index (χ0) is 6.41. The van der Waals surface area contributed by atoms with E-state index in [-0.39, 0.29) is 0 Å². The van der Waals surface area contributed by atoms with Gasteiger partial charge in [0.25, 0.3) is 0 Å². The quantitative estimate of drug-likeness (QED) is 0.393. The summed E-state index contributed by atoms with van der Waals surface area (Å²) in [5, 5.41) is 8.88. The van der Waals surface area contributed by atoms with E-state index < -0.39 is 0 Å². The molecule has 46 valence electrons. The van der Waals surface area contributed by atoms with Gasteiger partial charge in [0.1, 0.15) is 0 Å². The third-order valence-corrected chi connectivity index (χ3v) is 0.595. The summed E-state index contributed by atoms with van der Waals surface area (Å²) in [5.41, 5.74) is 0. The lowest BCUT2D eigenvalue weighted by molar-refractivity contribution is 0.452. The summed E-state index contributed by atoms with van der Waals surface area (Å²) in [6.07, 6.45) is 3.72. The number of hydrogen-bond acceptors (Lipinski definition) is 2. The standard InChI is InChI=1S/C5H11N3/c1-4-5-8(3)7-6-2/h4-5H,1-3H3/b5-4-,7-6?. The third kappa shape index (κ3) is 3.33. The molecule has 0 aromatic rings. The summed E-state index contributed by atoms with van der Waals surface area (Å²) >= 11 is 0. The highest BCUT2D eigenvalue weighted by molar-refractivity contribution is 4.72. The monoisotopic (exact) mass is 113 g/mol. The van der Waals surface area contributed by atoms with E-state index in [9.17, 15) is 0 Å². The molecule has 3 nitrogen and oxygen atoms in total. The van der Waals surface area contributed by atoms with Gasteiger partial charge in [0.15, 0.2) is 0 Å². The minimum absolute atomic E-state index is 1.64. The highest BCUT2D eigenvalue weighted by atomic mass is 15.5. The van der Waals surface area contributed by atoms with E-state index in [1.54, 1.807) is 12.1 Å². The molecule has 0 fully saturated rings. The summed E-state index contributed by atoms with van der Waals surface area (Å²) < 4.78 is 0. The molecule has 0 spiro atoms. The molecule has 0 radical (unpaired) electrons. The van der Waals surface area contributed by atoms with Crippen LogP contribution in [0.4, 0.5) is 0 Å². The smallest absolute Gasteiger partial charge is 0.0509 e. The zero-order valence-corrected chi connectivity index (χ0v) is 5.50. The molecule has 0 aromatic carbocycles. The van der Waals surface area contributed by atoms with Crippen LogP contribution < -0.4 is 0 Å². The van der Waals surface area contributed by atoms with Gasteiger partial charge in [-0.05, 0) is 6.92 Å². The molecule has 0 heterocycles. The number of allylic oxidation sites excluding steroid dienone is 1. The van der Waals surface area contributed by atoms with Crippen LogP contribution in [0.1, 0.15) is 6.92 Å². The predicted octanol–water partition coefficient (Wildman–Crippen LogP) is 1.45. The molecule has 0 N–H and O–H groups in total. The van der Waals surface area contributed by atoms with Gasteiger partial charge in [-0.3, -0.25) is 5.01 Å². The van der Waals surface area contributed by atoms with Crippen LogP contribution >= 0.6 is 0 Å². The van der Waals surface area contributed by atoms with E-state index >= 15 is 0 Å². The molecule has 0 aliphatic rings. The van der Waals surface area contributed by atoms with E-state index in [1.807, 2.05) is 26.2 Å². The first-order valence-electron chi connectivity index (χ1n) is 2.46. The highest BCUT2D eigenvalue weighted by Crippen LogP contribution is 1.83. The fourth-order valence-electron chi connectivity index (χ4n) is 0.387. The van der Waals surface area contributed by atoms with Gasteiger partial charge in [0.2, 0.25) is 0 Å². The Bertz CT molecular complexity index is 83.8. The lowest BCUT2D eigenvalue weighted by Gasteiger charge is -2.00. The number of nitrogens with zero attached hydrogens (tertiary/aromatic N) is 3. The van der Waals surface area contributed by atoms with Gasteiger partial charge in [-0.25, -0.2) is 0 Å². The molecule has 0 saturated heterocycles. The van der Waals surface area contributed by atoms with E-state index in [0.717, 1.165) is 0 Å². The average Bonchev–Trinajstić information content (AvgIpc) is 1.68. The predicted molar refractivity (Wildman–Crippen MR) is 33.4 cm³/mol. The maximum Gasteiger partial charge on any atom is 0.0509 e. The Morgan fingerprint density at radius 2 is 2.12 bits per heavy atom. The van der Waals surface area contributed by atoms with Crippen molar-refractivity contribution < 1.29 is 0 Å². The topological polar surface area (TPSA) is 28.0 Å². The Morgan fingerprint density at radius 1 is 1.50 bits per heavy atom. The molecule has 0 amide bonds. The molecule has 0 rings (SSSR count). The van der Waals surface area contributed by atoms with Crippen molar-refractivity contribution in [1.82, 2.24) is 5.01 Å². The van der Waals surface area contributed by atoms with Crippen LogP contribution in [0.15, 0.2) is 22.6 Å².